The van der Waals surface area contributed by atoms with Crippen LogP contribution in [0.15, 0.2) is 48.7 Å². The van der Waals surface area contributed by atoms with E-state index < -0.39 is 29.3 Å². The van der Waals surface area contributed by atoms with Crippen LogP contribution in [0.25, 0.3) is 10.9 Å². The number of nitrogens with zero attached hydrogens (tertiary/aromatic N) is 1. The molecular weight excluding hydrogens is 366 g/mol. The van der Waals surface area contributed by atoms with Gasteiger partial charge >= 0.3 is 12.1 Å². The van der Waals surface area contributed by atoms with Crippen molar-refractivity contribution in [2.24, 2.45) is 0 Å². The van der Waals surface area contributed by atoms with E-state index >= 15 is 0 Å². The molecule has 0 N–H and O–H groups in total. The second-order valence-electron chi connectivity index (χ2n) is 5.85. The highest BCUT2D eigenvalue weighted by Gasteiger charge is 2.40. The number of hydrogen-bond donors (Lipinski definition) is 0. The molecule has 2 aromatic carbocycles. The fourth-order valence-corrected chi connectivity index (χ4v) is 2.79. The van der Waals surface area contributed by atoms with Crippen LogP contribution in [0.1, 0.15) is 26.3 Å². The molecule has 0 amide bonds. The molecule has 1 heterocycles. The van der Waals surface area contributed by atoms with Crippen molar-refractivity contribution in [2.45, 2.75) is 12.7 Å². The van der Waals surface area contributed by atoms with Crippen molar-refractivity contribution in [2.75, 3.05) is 7.11 Å². The summed E-state index contributed by atoms with van der Waals surface area (Å²) in [7, 11) is 1.18. The van der Waals surface area contributed by atoms with Gasteiger partial charge in [-0.25, -0.2) is 9.18 Å². The molecule has 0 aliphatic heterocycles. The summed E-state index contributed by atoms with van der Waals surface area (Å²) in [5.41, 5.74) is 0.489. The molecule has 3 aromatic rings. The molecular formula is C19H13F4NO3. The molecule has 0 bridgehead atoms. The minimum absolute atomic E-state index is 0.0621. The van der Waals surface area contributed by atoms with Crippen LogP contribution in [-0.4, -0.2) is 29.6 Å². The molecule has 27 heavy (non-hydrogen) atoms. The molecule has 0 saturated carbocycles. The van der Waals surface area contributed by atoms with Gasteiger partial charge in [-0.1, -0.05) is 18.2 Å². The first-order valence-corrected chi connectivity index (χ1v) is 7.78. The maximum atomic E-state index is 13.1. The molecule has 0 atom stereocenters. The Balaban J connectivity index is 2.16. The third kappa shape index (κ3) is 3.69. The second kappa shape index (κ2) is 6.86. The van der Waals surface area contributed by atoms with Gasteiger partial charge in [0.1, 0.15) is 5.82 Å². The van der Waals surface area contributed by atoms with Crippen LogP contribution in [0.3, 0.4) is 0 Å². The van der Waals surface area contributed by atoms with Gasteiger partial charge in [-0.05, 0) is 29.8 Å². The number of Topliss-reactive ketones (excluding diaryl/α,β-unsaturated/α-hetero) is 1. The van der Waals surface area contributed by atoms with E-state index in [9.17, 15) is 27.2 Å². The first-order valence-electron chi connectivity index (χ1n) is 7.78. The van der Waals surface area contributed by atoms with Crippen molar-refractivity contribution in [3.8, 4) is 0 Å². The number of hydrogen-bond acceptors (Lipinski definition) is 3. The Hall–Kier alpha value is -3.16. The molecule has 0 saturated heterocycles. The minimum Gasteiger partial charge on any atom is -0.465 e. The van der Waals surface area contributed by atoms with Gasteiger partial charge in [-0.2, -0.15) is 13.2 Å². The monoisotopic (exact) mass is 379 g/mol. The predicted octanol–water partition coefficient (Wildman–Crippen LogP) is 4.36. The van der Waals surface area contributed by atoms with Crippen LogP contribution in [0.2, 0.25) is 0 Å². The molecule has 0 fully saturated rings. The third-order valence-corrected chi connectivity index (χ3v) is 4.07. The van der Waals surface area contributed by atoms with E-state index in [1.807, 2.05) is 0 Å². The lowest BCUT2D eigenvalue weighted by atomic mass is 10.1. The summed E-state index contributed by atoms with van der Waals surface area (Å²) < 4.78 is 57.9. The Bertz CT molecular complexity index is 1020. The molecule has 0 aliphatic carbocycles. The van der Waals surface area contributed by atoms with E-state index in [-0.39, 0.29) is 23.0 Å². The highest BCUT2D eigenvalue weighted by atomic mass is 19.4. The summed E-state index contributed by atoms with van der Waals surface area (Å²) in [6.07, 6.45) is -3.94. The zero-order chi connectivity index (χ0) is 19.8. The molecule has 1 aromatic heterocycles. The van der Waals surface area contributed by atoms with Gasteiger partial charge in [0.2, 0.25) is 0 Å². The van der Waals surface area contributed by atoms with E-state index in [4.69, 9.17) is 0 Å². The SMILES string of the molecule is COC(=O)c1ccc2c(C(=O)C(F)(F)F)cn(Cc3ccc(F)cc3)c2c1. The molecule has 0 aliphatic rings. The first-order chi connectivity index (χ1) is 12.7. The van der Waals surface area contributed by atoms with Gasteiger partial charge in [0.25, 0.3) is 5.78 Å². The number of rotatable bonds is 4. The van der Waals surface area contributed by atoms with E-state index in [0.717, 1.165) is 6.20 Å². The Morgan fingerprint density at radius 2 is 1.74 bits per heavy atom. The molecule has 8 heteroatoms. The van der Waals surface area contributed by atoms with Crippen LogP contribution in [0, 0.1) is 5.82 Å². The number of fused-ring (bicyclic) bond motifs is 1. The molecule has 140 valence electrons. The topological polar surface area (TPSA) is 48.3 Å². The van der Waals surface area contributed by atoms with Gasteiger partial charge in [0.05, 0.1) is 18.2 Å². The lowest BCUT2D eigenvalue weighted by Gasteiger charge is -2.07. The zero-order valence-corrected chi connectivity index (χ0v) is 14.0. The Morgan fingerprint density at radius 3 is 2.33 bits per heavy atom. The van der Waals surface area contributed by atoms with Crippen molar-refractivity contribution < 1.29 is 31.9 Å². The summed E-state index contributed by atoms with van der Waals surface area (Å²) >= 11 is 0. The number of methoxy groups -OCH3 is 1. The maximum absolute atomic E-state index is 13.1. The van der Waals surface area contributed by atoms with Crippen molar-refractivity contribution >= 4 is 22.7 Å². The maximum Gasteiger partial charge on any atom is 0.454 e. The summed E-state index contributed by atoms with van der Waals surface area (Å²) in [5, 5.41) is 0.0621. The standard InChI is InChI=1S/C19H13F4NO3/c1-27-18(26)12-4-7-14-15(17(25)19(21,22)23)10-24(16(14)8-12)9-11-2-5-13(20)6-3-11/h2-8,10H,9H2,1H3. The van der Waals surface area contributed by atoms with Crippen molar-refractivity contribution in [1.29, 1.82) is 0 Å². The fraction of sp³-hybridized carbons (Fsp3) is 0.158. The van der Waals surface area contributed by atoms with Gasteiger partial charge in [-0.15, -0.1) is 0 Å². The van der Waals surface area contributed by atoms with E-state index in [1.165, 1.54) is 54.1 Å². The average molecular weight is 379 g/mol. The number of ether oxygens (including phenoxy) is 1. The second-order valence-corrected chi connectivity index (χ2v) is 5.85. The summed E-state index contributed by atoms with van der Waals surface area (Å²) in [5.74, 6) is -3.08. The van der Waals surface area contributed by atoms with Crippen LogP contribution in [-0.2, 0) is 11.3 Å². The van der Waals surface area contributed by atoms with Crippen molar-refractivity contribution in [3.05, 3.63) is 71.2 Å². The van der Waals surface area contributed by atoms with Crippen molar-refractivity contribution in [1.82, 2.24) is 4.57 Å². The van der Waals surface area contributed by atoms with Crippen LogP contribution in [0.4, 0.5) is 17.6 Å². The molecule has 0 unspecified atom stereocenters. The van der Waals surface area contributed by atoms with Gasteiger partial charge in [0.15, 0.2) is 0 Å². The largest absolute Gasteiger partial charge is 0.465 e. The zero-order valence-electron chi connectivity index (χ0n) is 14.0. The summed E-state index contributed by atoms with van der Waals surface area (Å²) in [6.45, 7) is 0.0898. The van der Waals surface area contributed by atoms with E-state index in [1.54, 1.807) is 0 Å². The normalized spacial score (nSPS) is 11.6. The fourth-order valence-electron chi connectivity index (χ4n) is 2.79. The molecule has 4 nitrogen and oxygen atoms in total. The Kier molecular flexibility index (Phi) is 4.73. The van der Waals surface area contributed by atoms with Crippen LogP contribution < -0.4 is 0 Å². The highest BCUT2D eigenvalue weighted by molar-refractivity contribution is 6.11. The third-order valence-electron chi connectivity index (χ3n) is 4.07. The van der Waals surface area contributed by atoms with Gasteiger partial charge in [-0.3, -0.25) is 4.79 Å². The predicted molar refractivity (Wildman–Crippen MR) is 89.2 cm³/mol. The number of carbonyl (C=O) groups is 2. The number of esters is 1. The van der Waals surface area contributed by atoms with Crippen LogP contribution in [0.5, 0.6) is 0 Å². The van der Waals surface area contributed by atoms with Crippen LogP contribution >= 0.6 is 0 Å². The lowest BCUT2D eigenvalue weighted by Crippen LogP contribution is -2.22. The molecule has 0 radical (unpaired) electrons. The van der Waals surface area contributed by atoms with E-state index in [2.05, 4.69) is 4.74 Å². The summed E-state index contributed by atoms with van der Waals surface area (Å²) in [6, 6.07) is 9.35. The smallest absolute Gasteiger partial charge is 0.454 e. The van der Waals surface area contributed by atoms with Crippen molar-refractivity contribution in [3.63, 3.8) is 0 Å². The Labute approximate surface area is 151 Å². The summed E-state index contributed by atoms with van der Waals surface area (Å²) in [4.78, 5) is 23.5. The number of carbonyl (C=O) groups excluding carboxylic acids is 2. The molecule has 3 rings (SSSR count). The minimum atomic E-state index is -5.03. The number of aromatic nitrogens is 1. The molecule has 0 spiro atoms. The lowest BCUT2D eigenvalue weighted by molar-refractivity contribution is -0.0884. The quantitative estimate of drug-likeness (QED) is 0.384. The van der Waals surface area contributed by atoms with E-state index in [0.29, 0.717) is 5.56 Å². The first kappa shape index (κ1) is 18.6. The number of alkyl halides is 3. The number of ketones is 1. The highest BCUT2D eigenvalue weighted by Crippen LogP contribution is 2.30. The average Bonchev–Trinajstić information content (AvgIpc) is 2.99. The Morgan fingerprint density at radius 1 is 1.07 bits per heavy atom. The van der Waals surface area contributed by atoms with Gasteiger partial charge in [0, 0.05) is 23.6 Å². The number of halogens is 4. The van der Waals surface area contributed by atoms with Gasteiger partial charge < -0.3 is 9.30 Å². The number of benzene rings is 2.